The van der Waals surface area contributed by atoms with Crippen LogP contribution < -0.4 is 5.73 Å². The van der Waals surface area contributed by atoms with E-state index in [0.717, 1.165) is 12.1 Å². The summed E-state index contributed by atoms with van der Waals surface area (Å²) in [7, 11) is -2.23. The molecule has 0 heterocycles. The number of nitro groups is 1. The average Bonchev–Trinajstić information content (AvgIpc) is 2.37. The van der Waals surface area contributed by atoms with Gasteiger partial charge in [-0.05, 0) is 25.3 Å². The third-order valence-electron chi connectivity index (χ3n) is 2.90. The van der Waals surface area contributed by atoms with Crippen LogP contribution in [0.2, 0.25) is 0 Å². The third kappa shape index (κ3) is 3.41. The predicted molar refractivity (Wildman–Crippen MR) is 80.3 cm³/mol. The van der Waals surface area contributed by atoms with Crippen LogP contribution >= 0.6 is 11.8 Å². The van der Waals surface area contributed by atoms with E-state index in [1.807, 2.05) is 6.26 Å². The van der Waals surface area contributed by atoms with Gasteiger partial charge in [-0.15, -0.1) is 0 Å². The van der Waals surface area contributed by atoms with Gasteiger partial charge >= 0.3 is 0 Å². The van der Waals surface area contributed by atoms with Gasteiger partial charge in [0.05, 0.1) is 9.82 Å². The lowest BCUT2D eigenvalue weighted by Gasteiger charge is -2.23. The summed E-state index contributed by atoms with van der Waals surface area (Å²) in [5.41, 5.74) is 5.06. The molecule has 0 aliphatic rings. The first-order chi connectivity index (χ1) is 9.21. The van der Waals surface area contributed by atoms with E-state index in [4.69, 9.17) is 5.73 Å². The summed E-state index contributed by atoms with van der Waals surface area (Å²) >= 11 is 1.54. The molecule has 112 valence electrons. The quantitative estimate of drug-likeness (QED) is 0.484. The minimum atomic E-state index is -3.71. The molecule has 7 nitrogen and oxygen atoms in total. The SMILES string of the molecule is CSCC(C)N(C)S(=O)(=O)c1ccc([N+](=O)[O-])c(N)c1. The fraction of sp³-hybridized carbons (Fsp3) is 0.455. The monoisotopic (exact) mass is 319 g/mol. The molecule has 0 radical (unpaired) electrons. The second-order valence-corrected chi connectivity index (χ2v) is 7.21. The molecular weight excluding hydrogens is 302 g/mol. The Kier molecular flexibility index (Phi) is 5.37. The van der Waals surface area contributed by atoms with Crippen molar-refractivity contribution >= 4 is 33.2 Å². The average molecular weight is 319 g/mol. The van der Waals surface area contributed by atoms with E-state index in [0.29, 0.717) is 5.75 Å². The van der Waals surface area contributed by atoms with Gasteiger partial charge in [-0.3, -0.25) is 10.1 Å². The molecular formula is C11H17N3O4S2. The second kappa shape index (κ2) is 6.42. The van der Waals surface area contributed by atoms with Crippen molar-refractivity contribution in [1.82, 2.24) is 4.31 Å². The van der Waals surface area contributed by atoms with Crippen LogP contribution in [0.25, 0.3) is 0 Å². The van der Waals surface area contributed by atoms with Crippen LogP contribution in [-0.4, -0.2) is 42.7 Å². The van der Waals surface area contributed by atoms with Crippen molar-refractivity contribution in [2.45, 2.75) is 17.9 Å². The van der Waals surface area contributed by atoms with Gasteiger partial charge in [0, 0.05) is 24.9 Å². The number of nitrogen functional groups attached to an aromatic ring is 1. The van der Waals surface area contributed by atoms with Gasteiger partial charge in [-0.25, -0.2) is 8.42 Å². The summed E-state index contributed by atoms with van der Waals surface area (Å²) in [4.78, 5) is 9.98. The standard InChI is InChI=1S/C11H17N3O4S2/c1-8(7-19-3)13(2)20(17,18)9-4-5-11(14(15)16)10(12)6-9/h4-6,8H,7,12H2,1-3H3. The summed E-state index contributed by atoms with van der Waals surface area (Å²) in [5.74, 6) is 0.651. The van der Waals surface area contributed by atoms with Crippen molar-refractivity contribution in [3.05, 3.63) is 28.3 Å². The summed E-state index contributed by atoms with van der Waals surface area (Å²) in [6, 6.07) is 3.24. The van der Waals surface area contributed by atoms with Crippen molar-refractivity contribution in [3.63, 3.8) is 0 Å². The highest BCUT2D eigenvalue weighted by atomic mass is 32.2. The molecule has 0 amide bonds. The molecule has 1 unspecified atom stereocenters. The van der Waals surface area contributed by atoms with E-state index >= 15 is 0 Å². The molecule has 1 atom stereocenters. The molecule has 1 rings (SSSR count). The van der Waals surface area contributed by atoms with E-state index in [1.54, 1.807) is 6.92 Å². The molecule has 0 bridgehead atoms. The zero-order valence-electron chi connectivity index (χ0n) is 11.4. The maximum Gasteiger partial charge on any atom is 0.292 e. The minimum Gasteiger partial charge on any atom is -0.393 e. The Hall–Kier alpha value is -1.32. The third-order valence-corrected chi connectivity index (χ3v) is 5.68. The smallest absolute Gasteiger partial charge is 0.292 e. The molecule has 9 heteroatoms. The Balaban J connectivity index is 3.16. The van der Waals surface area contributed by atoms with E-state index in [2.05, 4.69) is 0 Å². The van der Waals surface area contributed by atoms with Crippen LogP contribution in [0.15, 0.2) is 23.1 Å². The van der Waals surface area contributed by atoms with Crippen LogP contribution in [0.1, 0.15) is 6.92 Å². The zero-order valence-corrected chi connectivity index (χ0v) is 13.1. The number of hydrogen-bond acceptors (Lipinski definition) is 6. The largest absolute Gasteiger partial charge is 0.393 e. The lowest BCUT2D eigenvalue weighted by molar-refractivity contribution is -0.383. The van der Waals surface area contributed by atoms with Crippen LogP contribution in [0, 0.1) is 10.1 Å². The summed E-state index contributed by atoms with van der Waals surface area (Å²) in [5, 5.41) is 10.7. The van der Waals surface area contributed by atoms with E-state index < -0.39 is 14.9 Å². The highest BCUT2D eigenvalue weighted by Gasteiger charge is 2.26. The molecule has 0 spiro atoms. The first-order valence-electron chi connectivity index (χ1n) is 5.72. The molecule has 0 aliphatic heterocycles. The van der Waals surface area contributed by atoms with Gasteiger partial charge in [0.15, 0.2) is 0 Å². The van der Waals surface area contributed by atoms with E-state index in [-0.39, 0.29) is 22.3 Å². The fourth-order valence-electron chi connectivity index (χ4n) is 1.61. The van der Waals surface area contributed by atoms with Gasteiger partial charge in [0.2, 0.25) is 10.0 Å². The number of thioether (sulfide) groups is 1. The number of benzene rings is 1. The Labute approximate surface area is 122 Å². The summed E-state index contributed by atoms with van der Waals surface area (Å²) < 4.78 is 26.0. The number of sulfonamides is 1. The lowest BCUT2D eigenvalue weighted by atomic mass is 10.3. The highest BCUT2D eigenvalue weighted by Crippen LogP contribution is 2.26. The van der Waals surface area contributed by atoms with Gasteiger partial charge in [-0.2, -0.15) is 16.1 Å². The van der Waals surface area contributed by atoms with Crippen LogP contribution in [0.5, 0.6) is 0 Å². The molecule has 0 saturated heterocycles. The normalized spacial score (nSPS) is 13.4. The molecule has 20 heavy (non-hydrogen) atoms. The van der Waals surface area contributed by atoms with Crippen LogP contribution in [-0.2, 0) is 10.0 Å². The second-order valence-electron chi connectivity index (χ2n) is 4.30. The van der Waals surface area contributed by atoms with Crippen molar-refractivity contribution in [2.24, 2.45) is 0 Å². The van der Waals surface area contributed by atoms with Gasteiger partial charge in [0.25, 0.3) is 5.69 Å². The van der Waals surface area contributed by atoms with Crippen molar-refractivity contribution in [1.29, 1.82) is 0 Å². The molecule has 0 aromatic heterocycles. The number of nitrogens with zero attached hydrogens (tertiary/aromatic N) is 2. The van der Waals surface area contributed by atoms with Gasteiger partial charge < -0.3 is 5.73 Å². The molecule has 0 saturated carbocycles. The predicted octanol–water partition coefficient (Wildman–Crippen LogP) is 1.55. The van der Waals surface area contributed by atoms with E-state index in [1.165, 1.54) is 29.2 Å². The Morgan fingerprint density at radius 3 is 2.55 bits per heavy atom. The first kappa shape index (κ1) is 16.7. The zero-order chi connectivity index (χ0) is 15.5. The van der Waals surface area contributed by atoms with Crippen molar-refractivity contribution in [2.75, 3.05) is 24.8 Å². The maximum absolute atomic E-state index is 12.4. The van der Waals surface area contributed by atoms with Gasteiger partial charge in [-0.1, -0.05) is 0 Å². The molecule has 0 fully saturated rings. The minimum absolute atomic E-state index is 0.0453. The van der Waals surface area contributed by atoms with Crippen LogP contribution in [0.3, 0.4) is 0 Å². The van der Waals surface area contributed by atoms with Crippen molar-refractivity contribution < 1.29 is 13.3 Å². The highest BCUT2D eigenvalue weighted by molar-refractivity contribution is 7.98. The number of anilines is 1. The molecule has 0 aliphatic carbocycles. The topological polar surface area (TPSA) is 107 Å². The van der Waals surface area contributed by atoms with E-state index in [9.17, 15) is 18.5 Å². The summed E-state index contributed by atoms with van der Waals surface area (Å²) in [6.45, 7) is 1.79. The molecule has 1 aromatic rings. The Morgan fingerprint density at radius 1 is 1.50 bits per heavy atom. The Morgan fingerprint density at radius 2 is 2.10 bits per heavy atom. The summed E-state index contributed by atoms with van der Waals surface area (Å²) in [6.07, 6.45) is 1.89. The fourth-order valence-corrected chi connectivity index (χ4v) is 3.81. The lowest BCUT2D eigenvalue weighted by Crippen LogP contribution is -2.36. The molecule has 2 N–H and O–H groups in total. The Bertz CT molecular complexity index is 604. The number of hydrogen-bond donors (Lipinski definition) is 1. The number of nitrogens with two attached hydrogens (primary N) is 1. The first-order valence-corrected chi connectivity index (χ1v) is 8.56. The number of rotatable bonds is 6. The van der Waals surface area contributed by atoms with Crippen molar-refractivity contribution in [3.8, 4) is 0 Å². The van der Waals surface area contributed by atoms with Crippen LogP contribution in [0.4, 0.5) is 11.4 Å². The number of nitro benzene ring substituents is 1. The van der Waals surface area contributed by atoms with Gasteiger partial charge in [0.1, 0.15) is 5.69 Å². The maximum atomic E-state index is 12.4. The molecule has 1 aromatic carbocycles.